The highest BCUT2D eigenvalue weighted by Crippen LogP contribution is 2.35. The molecule has 6 nitrogen and oxygen atoms in total. The number of rotatable bonds is 7. The molecular weight excluding hydrogens is 451 g/mol. The summed E-state index contributed by atoms with van der Waals surface area (Å²) in [6.07, 6.45) is 0.767. The Morgan fingerprint density at radius 2 is 2.03 bits per heavy atom. The van der Waals surface area contributed by atoms with Crippen molar-refractivity contribution >= 4 is 50.6 Å². The molecule has 3 unspecified atom stereocenters. The molecule has 0 aliphatic carbocycles. The van der Waals surface area contributed by atoms with Crippen molar-refractivity contribution in [3.8, 4) is 5.75 Å². The Labute approximate surface area is 199 Å². The average Bonchev–Trinajstić information content (AvgIpc) is 3.34. The van der Waals surface area contributed by atoms with Crippen LogP contribution in [0.1, 0.15) is 24.1 Å². The molecule has 9 heteroatoms. The van der Waals surface area contributed by atoms with Gasteiger partial charge in [-0.15, -0.1) is 0 Å². The number of imidazole rings is 1. The summed E-state index contributed by atoms with van der Waals surface area (Å²) in [6.45, 7) is 1.32. The minimum absolute atomic E-state index is 0.0565. The summed E-state index contributed by atoms with van der Waals surface area (Å²) in [5, 5.41) is 12.6. The Morgan fingerprint density at radius 3 is 2.76 bits per heavy atom. The summed E-state index contributed by atoms with van der Waals surface area (Å²) in [5.74, 6) is 0.179. The molecule has 2 heterocycles. The van der Waals surface area contributed by atoms with Gasteiger partial charge in [0.05, 0.1) is 23.5 Å². The van der Waals surface area contributed by atoms with Gasteiger partial charge in [-0.05, 0) is 53.8 Å². The molecule has 34 heavy (non-hydrogen) atoms. The number of anilines is 2. The van der Waals surface area contributed by atoms with Crippen molar-refractivity contribution in [3.05, 3.63) is 77.9 Å². The number of halogens is 1. The Bertz CT molecular complexity index is 1370. The van der Waals surface area contributed by atoms with Crippen molar-refractivity contribution in [1.82, 2.24) is 9.55 Å². The van der Waals surface area contributed by atoms with Crippen LogP contribution in [-0.4, -0.2) is 33.5 Å². The number of hydrogen-bond acceptors (Lipinski definition) is 4. The van der Waals surface area contributed by atoms with Gasteiger partial charge in [0.15, 0.2) is 7.28 Å². The number of aliphatic carboxylic acids is 1. The lowest BCUT2D eigenvalue weighted by atomic mass is 9.72. The molecule has 0 amide bonds. The van der Waals surface area contributed by atoms with Crippen LogP contribution < -0.4 is 15.5 Å². The second kappa shape index (κ2) is 8.77. The van der Waals surface area contributed by atoms with Crippen LogP contribution >= 0.6 is 9.24 Å². The minimum Gasteiger partial charge on any atom is -0.481 e. The average molecular weight is 474 g/mol. The number of hydrogen-bond donors (Lipinski definition) is 2. The number of fused-ring (bicyclic) bond motifs is 2. The maximum absolute atomic E-state index is 13.8. The normalized spacial score (nSPS) is 16.5. The monoisotopic (exact) mass is 474 g/mol. The Kier molecular flexibility index (Phi) is 5.78. The smallest absolute Gasteiger partial charge is 0.307 e. The number of aromatic nitrogens is 2. The Balaban J connectivity index is 1.55. The van der Waals surface area contributed by atoms with E-state index in [9.17, 15) is 14.3 Å². The number of ether oxygens (including phenoxy) is 1. The lowest BCUT2D eigenvalue weighted by Crippen LogP contribution is -2.16. The third kappa shape index (κ3) is 4.64. The summed E-state index contributed by atoms with van der Waals surface area (Å²) in [5.41, 5.74) is 3.69. The fourth-order valence-corrected chi connectivity index (χ4v) is 4.54. The van der Waals surface area contributed by atoms with E-state index < -0.39 is 11.6 Å². The fourth-order valence-electron chi connectivity index (χ4n) is 4.41. The van der Waals surface area contributed by atoms with Crippen molar-refractivity contribution in [2.75, 3.05) is 5.32 Å². The molecule has 0 spiro atoms. The van der Waals surface area contributed by atoms with Gasteiger partial charge >= 0.3 is 5.97 Å². The molecule has 171 valence electrons. The van der Waals surface area contributed by atoms with Crippen molar-refractivity contribution in [3.63, 3.8) is 0 Å². The molecule has 0 bridgehead atoms. The van der Waals surface area contributed by atoms with Crippen molar-refractivity contribution < 1.29 is 19.0 Å². The van der Waals surface area contributed by atoms with Crippen molar-refractivity contribution in [2.24, 2.45) is 0 Å². The van der Waals surface area contributed by atoms with Gasteiger partial charge < -0.3 is 19.7 Å². The molecule has 1 aliphatic heterocycles. The van der Waals surface area contributed by atoms with Gasteiger partial charge in [-0.3, -0.25) is 4.79 Å². The van der Waals surface area contributed by atoms with E-state index in [-0.39, 0.29) is 12.5 Å². The SMILES string of the molecule is CC(F)(P)Oc1ccc(Nc2nc3cc(CC(=O)O)ccc3n2C2C[B]c3ccccc32)cc1. The molecule has 3 aromatic carbocycles. The zero-order valence-corrected chi connectivity index (χ0v) is 19.7. The first-order valence-corrected chi connectivity index (χ1v) is 11.5. The van der Waals surface area contributed by atoms with Gasteiger partial charge in [-0.2, -0.15) is 4.39 Å². The van der Waals surface area contributed by atoms with E-state index in [4.69, 9.17) is 9.72 Å². The van der Waals surface area contributed by atoms with Crippen molar-refractivity contribution in [1.29, 1.82) is 0 Å². The Morgan fingerprint density at radius 1 is 1.26 bits per heavy atom. The highest BCUT2D eigenvalue weighted by atomic mass is 31.0. The number of carboxylic acids is 1. The quantitative estimate of drug-likeness (QED) is 0.301. The molecular formula is C25H23BFN3O3P. The lowest BCUT2D eigenvalue weighted by molar-refractivity contribution is -0.136. The lowest BCUT2D eigenvalue weighted by Gasteiger charge is -2.20. The predicted octanol–water partition coefficient (Wildman–Crippen LogP) is 4.65. The van der Waals surface area contributed by atoms with Gasteiger partial charge in [-0.1, -0.05) is 45.0 Å². The fraction of sp³-hybridized carbons (Fsp3) is 0.200. The molecule has 0 saturated heterocycles. The zero-order valence-electron chi connectivity index (χ0n) is 18.5. The van der Waals surface area contributed by atoms with E-state index in [0.717, 1.165) is 23.0 Å². The first kappa shape index (κ1) is 22.4. The maximum Gasteiger partial charge on any atom is 0.307 e. The van der Waals surface area contributed by atoms with E-state index in [1.807, 2.05) is 39.6 Å². The van der Waals surface area contributed by atoms with E-state index in [1.54, 1.807) is 24.3 Å². The highest BCUT2D eigenvalue weighted by molar-refractivity contribution is 7.18. The molecule has 0 fully saturated rings. The third-order valence-corrected chi connectivity index (χ3v) is 5.88. The van der Waals surface area contributed by atoms with Crippen LogP contribution in [0.25, 0.3) is 11.0 Å². The number of alkyl halides is 1. The maximum atomic E-state index is 13.8. The third-order valence-electron chi connectivity index (χ3n) is 5.76. The zero-order chi connectivity index (χ0) is 23.9. The van der Waals surface area contributed by atoms with Gasteiger partial charge in [0.25, 0.3) is 5.60 Å². The number of carbonyl (C=O) groups is 1. The van der Waals surface area contributed by atoms with Gasteiger partial charge in [0.1, 0.15) is 5.75 Å². The predicted molar refractivity (Wildman–Crippen MR) is 135 cm³/mol. The van der Waals surface area contributed by atoms with Crippen LogP contribution in [0.4, 0.5) is 16.0 Å². The molecule has 1 radical (unpaired) electrons. The molecule has 4 aromatic rings. The first-order chi connectivity index (χ1) is 16.3. The van der Waals surface area contributed by atoms with Crippen LogP contribution in [0, 0.1) is 0 Å². The minimum atomic E-state index is -1.84. The van der Waals surface area contributed by atoms with E-state index in [0.29, 0.717) is 17.3 Å². The van der Waals surface area contributed by atoms with Gasteiger partial charge in [-0.25, -0.2) is 4.98 Å². The second-order valence-corrected chi connectivity index (χ2v) is 9.55. The topological polar surface area (TPSA) is 76.4 Å². The highest BCUT2D eigenvalue weighted by Gasteiger charge is 2.28. The number of nitrogens with zero attached hydrogens (tertiary/aromatic N) is 2. The van der Waals surface area contributed by atoms with Crippen molar-refractivity contribution in [2.45, 2.75) is 31.3 Å². The first-order valence-electron chi connectivity index (χ1n) is 11.0. The standard InChI is InChI=1S/C25H23BFN3O3P/c1-25(27,34)33-17-9-7-16(8-10-17)28-24-29-20-12-15(13-23(31)32)6-11-21(20)30(24)22-14-26-19-5-3-2-4-18(19)22/h2-12,22H,13-14,34H2,1H3,(H,28,29)(H,31,32). The van der Waals surface area contributed by atoms with E-state index in [2.05, 4.69) is 29.3 Å². The summed E-state index contributed by atoms with van der Waals surface area (Å²) in [6, 6.07) is 21.0. The number of carboxylic acid groups (broad SMARTS) is 1. The second-order valence-electron chi connectivity index (χ2n) is 8.52. The largest absolute Gasteiger partial charge is 0.481 e. The molecule has 5 rings (SSSR count). The Hall–Kier alpha value is -3.38. The molecule has 1 aromatic heterocycles. The molecule has 3 atom stereocenters. The van der Waals surface area contributed by atoms with Crippen LogP contribution in [0.2, 0.25) is 6.32 Å². The molecule has 2 N–H and O–H groups in total. The van der Waals surface area contributed by atoms with Gasteiger partial charge in [0, 0.05) is 12.6 Å². The van der Waals surface area contributed by atoms with Crippen LogP contribution in [0.15, 0.2) is 66.7 Å². The van der Waals surface area contributed by atoms with E-state index >= 15 is 0 Å². The van der Waals surface area contributed by atoms with Crippen LogP contribution in [0.3, 0.4) is 0 Å². The van der Waals surface area contributed by atoms with Gasteiger partial charge in [0.2, 0.25) is 5.95 Å². The molecule has 1 aliphatic rings. The van der Waals surface area contributed by atoms with Crippen LogP contribution in [0.5, 0.6) is 5.75 Å². The number of nitrogens with one attached hydrogen (secondary N) is 1. The number of benzene rings is 3. The summed E-state index contributed by atoms with van der Waals surface area (Å²) < 4.78 is 21.2. The summed E-state index contributed by atoms with van der Waals surface area (Å²) >= 11 is 0. The summed E-state index contributed by atoms with van der Waals surface area (Å²) in [7, 11) is 4.23. The van der Waals surface area contributed by atoms with E-state index in [1.165, 1.54) is 17.9 Å². The molecule has 0 saturated carbocycles. The summed E-state index contributed by atoms with van der Waals surface area (Å²) in [4.78, 5) is 16.0. The van der Waals surface area contributed by atoms with Crippen LogP contribution in [-0.2, 0) is 11.2 Å².